The Morgan fingerprint density at radius 1 is 1.13 bits per heavy atom. The lowest BCUT2D eigenvalue weighted by atomic mass is 9.85. The molecule has 8 rings (SSSR count). The number of phenolic OH excluding ortho intramolecular Hbond substituents is 1. The number of anilines is 1. The number of hydrogen-bond acceptors (Lipinski definition) is 10. The third-order valence-corrected chi connectivity index (χ3v) is 11.3. The number of carbonyl (C=O) groups excluding carboxylic acids is 1. The summed E-state index contributed by atoms with van der Waals surface area (Å²) in [5.41, 5.74) is -0.258. The van der Waals surface area contributed by atoms with E-state index in [1.54, 1.807) is 0 Å². The Kier molecular flexibility index (Phi) is 9.77. The highest BCUT2D eigenvalue weighted by atomic mass is 19.1. The van der Waals surface area contributed by atoms with Crippen molar-refractivity contribution in [1.29, 1.82) is 0 Å². The van der Waals surface area contributed by atoms with Crippen LogP contribution in [0.2, 0.25) is 0 Å². The Bertz CT molecular complexity index is 2120. The molecule has 4 fully saturated rings. The van der Waals surface area contributed by atoms with Gasteiger partial charge in [0.1, 0.15) is 34.8 Å². The molecule has 2 aromatic carbocycles. The summed E-state index contributed by atoms with van der Waals surface area (Å²) in [6.45, 7) is 7.91. The van der Waals surface area contributed by atoms with Crippen molar-refractivity contribution in [3.05, 3.63) is 47.7 Å². The Hall–Kier alpha value is -4.67. The van der Waals surface area contributed by atoms with Gasteiger partial charge in [-0.1, -0.05) is 25.8 Å². The number of aromatic hydroxyl groups is 1. The zero-order chi connectivity index (χ0) is 37.7. The lowest BCUT2D eigenvalue weighted by Crippen LogP contribution is -2.61. The van der Waals surface area contributed by atoms with E-state index in [1.165, 1.54) is 30.5 Å². The van der Waals surface area contributed by atoms with Crippen molar-refractivity contribution < 1.29 is 32.5 Å². The lowest BCUT2D eigenvalue weighted by Gasteiger charge is -2.45. The van der Waals surface area contributed by atoms with E-state index in [1.807, 2.05) is 13.8 Å². The largest absolute Gasteiger partial charge is 0.508 e. The van der Waals surface area contributed by atoms with Gasteiger partial charge in [-0.2, -0.15) is 9.97 Å². The maximum absolute atomic E-state index is 17.1. The molecule has 2 atom stereocenters. The number of esters is 1. The van der Waals surface area contributed by atoms with Crippen molar-refractivity contribution in [2.75, 3.05) is 50.8 Å². The summed E-state index contributed by atoms with van der Waals surface area (Å²) in [6.07, 6.45) is 10.6. The topological polar surface area (TPSA) is 113 Å². The Labute approximate surface area is 312 Å². The molecule has 1 aliphatic carbocycles. The normalized spacial score (nSPS) is 22.8. The van der Waals surface area contributed by atoms with Crippen LogP contribution < -0.4 is 15.0 Å². The molecule has 10 nitrogen and oxygen atoms in total. The number of carbonyl (C=O) groups is 1. The molecule has 2 unspecified atom stereocenters. The highest BCUT2D eigenvalue weighted by molar-refractivity contribution is 6.03. The second-order valence-corrected chi connectivity index (χ2v) is 16.1. The fraction of sp³-hybridized carbons (Fsp3) is 0.512. The lowest BCUT2D eigenvalue weighted by molar-refractivity contribution is -0.151. The van der Waals surface area contributed by atoms with Crippen LogP contribution in [0.5, 0.6) is 11.8 Å². The van der Waals surface area contributed by atoms with Crippen LogP contribution in [-0.4, -0.2) is 95.1 Å². The van der Waals surface area contributed by atoms with Gasteiger partial charge in [0.05, 0.1) is 30.1 Å². The second-order valence-electron chi connectivity index (χ2n) is 16.1. The SMILES string of the molecule is C#Cc1c(F)ccc2cc(O)cc(-c3ncc4c(N5CC6CC(C(=O)OCC(C)C)CC(C5)N6)nc(OCC5(CN6CCC(F)CC6)CC5)nc4c3F)c12. The van der Waals surface area contributed by atoms with E-state index in [0.717, 1.165) is 19.4 Å². The summed E-state index contributed by atoms with van der Waals surface area (Å²) in [7, 11) is 0. The number of benzene rings is 2. The average molecular weight is 743 g/mol. The van der Waals surface area contributed by atoms with E-state index >= 15 is 4.39 Å². The van der Waals surface area contributed by atoms with Crippen LogP contribution in [0.15, 0.2) is 30.5 Å². The summed E-state index contributed by atoms with van der Waals surface area (Å²) in [4.78, 5) is 31.3. The van der Waals surface area contributed by atoms with E-state index < -0.39 is 17.8 Å². The Morgan fingerprint density at radius 2 is 1.87 bits per heavy atom. The number of terminal acetylenes is 1. The summed E-state index contributed by atoms with van der Waals surface area (Å²) < 4.78 is 57.8. The van der Waals surface area contributed by atoms with Gasteiger partial charge in [-0.3, -0.25) is 9.78 Å². The van der Waals surface area contributed by atoms with Gasteiger partial charge >= 0.3 is 12.0 Å². The predicted octanol–water partition coefficient (Wildman–Crippen LogP) is 6.16. The quantitative estimate of drug-likeness (QED) is 0.145. The monoisotopic (exact) mass is 742 g/mol. The third-order valence-electron chi connectivity index (χ3n) is 11.3. The van der Waals surface area contributed by atoms with Crippen molar-refractivity contribution in [3.8, 4) is 35.4 Å². The molecule has 4 aliphatic rings. The van der Waals surface area contributed by atoms with E-state index in [2.05, 4.69) is 31.0 Å². The Morgan fingerprint density at radius 3 is 2.56 bits per heavy atom. The van der Waals surface area contributed by atoms with Gasteiger partial charge in [0.2, 0.25) is 0 Å². The molecule has 4 aromatic rings. The minimum Gasteiger partial charge on any atom is -0.508 e. The van der Waals surface area contributed by atoms with E-state index in [-0.39, 0.29) is 74.8 Å². The van der Waals surface area contributed by atoms with Crippen molar-refractivity contribution in [2.24, 2.45) is 17.3 Å². The smallest absolute Gasteiger partial charge is 0.319 e. The van der Waals surface area contributed by atoms with Gasteiger partial charge in [-0.05, 0) is 68.0 Å². The van der Waals surface area contributed by atoms with Gasteiger partial charge in [-0.25, -0.2) is 13.2 Å². The molecule has 54 heavy (non-hydrogen) atoms. The van der Waals surface area contributed by atoms with Crippen LogP contribution in [0.3, 0.4) is 0 Å². The number of fused-ring (bicyclic) bond motifs is 4. The molecule has 0 spiro atoms. The molecule has 0 amide bonds. The minimum absolute atomic E-state index is 0.0113. The van der Waals surface area contributed by atoms with E-state index in [9.17, 15) is 18.7 Å². The third kappa shape index (κ3) is 7.26. The molecule has 284 valence electrons. The molecule has 0 radical (unpaired) electrons. The number of piperazine rings is 1. The van der Waals surface area contributed by atoms with Crippen molar-refractivity contribution in [1.82, 2.24) is 25.2 Å². The average Bonchev–Trinajstić information content (AvgIpc) is 3.92. The molecule has 2 bridgehead atoms. The van der Waals surface area contributed by atoms with Crippen molar-refractivity contribution >= 4 is 33.5 Å². The van der Waals surface area contributed by atoms with Crippen LogP contribution in [0.4, 0.5) is 19.0 Å². The number of rotatable bonds is 10. The van der Waals surface area contributed by atoms with Gasteiger partial charge < -0.3 is 29.7 Å². The first kappa shape index (κ1) is 36.3. The van der Waals surface area contributed by atoms with Crippen LogP contribution >= 0.6 is 0 Å². The van der Waals surface area contributed by atoms with Crippen molar-refractivity contribution in [3.63, 3.8) is 0 Å². The zero-order valence-electron chi connectivity index (χ0n) is 30.6. The molecule has 3 saturated heterocycles. The molecule has 13 heteroatoms. The van der Waals surface area contributed by atoms with Gasteiger partial charge in [0, 0.05) is 67.4 Å². The highest BCUT2D eigenvalue weighted by Gasteiger charge is 2.46. The number of pyridine rings is 1. The molecule has 3 aliphatic heterocycles. The molecular formula is C41H45F3N6O4. The maximum atomic E-state index is 17.1. The summed E-state index contributed by atoms with van der Waals surface area (Å²) in [6, 6.07) is 5.37. The van der Waals surface area contributed by atoms with Crippen LogP contribution in [-0.2, 0) is 9.53 Å². The van der Waals surface area contributed by atoms with Gasteiger partial charge in [-0.15, -0.1) is 6.42 Å². The number of hydrogen-bond donors (Lipinski definition) is 2. The fourth-order valence-corrected chi connectivity index (χ4v) is 8.39. The van der Waals surface area contributed by atoms with Crippen molar-refractivity contribution in [2.45, 2.75) is 70.6 Å². The summed E-state index contributed by atoms with van der Waals surface area (Å²) in [5.74, 6) is 1.08. The van der Waals surface area contributed by atoms with Crippen LogP contribution in [0.1, 0.15) is 57.9 Å². The summed E-state index contributed by atoms with van der Waals surface area (Å²) >= 11 is 0. The van der Waals surface area contributed by atoms with Crippen LogP contribution in [0, 0.1) is 41.2 Å². The fourth-order valence-electron chi connectivity index (χ4n) is 8.39. The number of phenols is 1. The first-order valence-electron chi connectivity index (χ1n) is 18.9. The van der Waals surface area contributed by atoms with Gasteiger partial charge in [0.15, 0.2) is 5.82 Å². The zero-order valence-corrected chi connectivity index (χ0v) is 30.6. The van der Waals surface area contributed by atoms with E-state index in [0.29, 0.717) is 81.7 Å². The van der Waals surface area contributed by atoms with E-state index in [4.69, 9.17) is 20.9 Å². The number of nitrogens with zero attached hydrogens (tertiary/aromatic N) is 5. The van der Waals surface area contributed by atoms with Gasteiger partial charge in [0.25, 0.3) is 0 Å². The number of likely N-dealkylation sites (tertiary alicyclic amines) is 1. The summed E-state index contributed by atoms with van der Waals surface area (Å²) in [5, 5.41) is 15.3. The standard InChI is InChI=1S/C41H45F3N6O4/c1-4-30-33(43)6-5-24-15-29(51)16-31(34(24)30)36-35(44)37-32(17-45-36)38(50-18-27-13-25(14-28(19-50)46-27)39(52)53-20-23(2)3)48-40(47-37)54-22-41(9-10-41)21-49-11-7-26(42)8-12-49/h1,5-6,15-17,23,25-28,46,51H,7-14,18-22H2,2-3H3. The first-order valence-corrected chi connectivity index (χ1v) is 18.9. The minimum atomic E-state index is -0.793. The second kappa shape index (κ2) is 14.5. The Balaban J connectivity index is 1.15. The highest BCUT2D eigenvalue weighted by Crippen LogP contribution is 2.47. The molecular weight excluding hydrogens is 697 g/mol. The predicted molar refractivity (Wildman–Crippen MR) is 199 cm³/mol. The molecule has 2 aromatic heterocycles. The number of ether oxygens (including phenoxy) is 2. The van der Waals surface area contributed by atoms with Crippen LogP contribution in [0.25, 0.3) is 32.9 Å². The number of nitrogens with one attached hydrogen (secondary N) is 1. The molecule has 1 saturated carbocycles. The number of halogens is 3. The number of aromatic nitrogens is 3. The first-order chi connectivity index (χ1) is 26.0. The number of piperidine rings is 2. The molecule has 2 N–H and O–H groups in total. The number of alkyl halides is 1. The molecule has 5 heterocycles. The maximum Gasteiger partial charge on any atom is 0.319 e.